The van der Waals surface area contributed by atoms with Crippen molar-refractivity contribution in [2.24, 2.45) is 0 Å². The van der Waals surface area contributed by atoms with Gasteiger partial charge in [-0.1, -0.05) is 19.3 Å². The van der Waals surface area contributed by atoms with E-state index in [-0.39, 0.29) is 35.7 Å². The van der Waals surface area contributed by atoms with Gasteiger partial charge in [-0.3, -0.25) is 14.5 Å². The van der Waals surface area contributed by atoms with Crippen LogP contribution in [0.4, 0.5) is 4.79 Å². The van der Waals surface area contributed by atoms with E-state index in [1.807, 2.05) is 0 Å². The quantitative estimate of drug-likeness (QED) is 0.851. The molecule has 2 aliphatic heterocycles. The molecule has 4 rings (SSSR count). The smallest absolute Gasteiger partial charge is 0.327 e. The van der Waals surface area contributed by atoms with Gasteiger partial charge >= 0.3 is 6.03 Å². The number of imide groups is 1. The third kappa shape index (κ3) is 2.92. The van der Waals surface area contributed by atoms with Crippen LogP contribution in [0.25, 0.3) is 0 Å². The summed E-state index contributed by atoms with van der Waals surface area (Å²) in [5.41, 5.74) is 0. The highest BCUT2D eigenvalue weighted by Gasteiger charge is 2.50. The summed E-state index contributed by atoms with van der Waals surface area (Å²) in [7, 11) is 0. The molecule has 7 heteroatoms. The van der Waals surface area contributed by atoms with Crippen molar-refractivity contribution >= 4 is 17.8 Å². The van der Waals surface area contributed by atoms with Crippen molar-refractivity contribution in [2.45, 2.75) is 63.1 Å². The predicted octanol–water partition coefficient (Wildman–Crippen LogP) is 2.14. The number of urea groups is 1. The number of hydrogen-bond acceptors (Lipinski definition) is 4. The number of rotatable bonds is 3. The number of carbonyl (C=O) groups excluding carboxylic acids is 3. The molecule has 0 spiro atoms. The van der Waals surface area contributed by atoms with Gasteiger partial charge in [-0.15, -0.1) is 0 Å². The van der Waals surface area contributed by atoms with Gasteiger partial charge in [0.2, 0.25) is 0 Å². The summed E-state index contributed by atoms with van der Waals surface area (Å²) in [6.45, 7) is 0.502. The maximum absolute atomic E-state index is 12.8. The first-order valence-electron chi connectivity index (χ1n) is 9.13. The predicted molar refractivity (Wildman–Crippen MR) is 88.8 cm³/mol. The normalized spacial score (nSPS) is 27.5. The molecule has 1 saturated carbocycles. The lowest BCUT2D eigenvalue weighted by molar-refractivity contribution is -0.130. The second-order valence-electron chi connectivity index (χ2n) is 7.16. The van der Waals surface area contributed by atoms with Crippen LogP contribution in [0.5, 0.6) is 0 Å². The van der Waals surface area contributed by atoms with Gasteiger partial charge in [-0.25, -0.2) is 4.79 Å². The van der Waals surface area contributed by atoms with E-state index in [2.05, 4.69) is 5.32 Å². The first-order valence-corrected chi connectivity index (χ1v) is 9.13. The van der Waals surface area contributed by atoms with Crippen molar-refractivity contribution in [3.8, 4) is 0 Å². The summed E-state index contributed by atoms with van der Waals surface area (Å²) in [4.78, 5) is 40.9. The molecule has 25 heavy (non-hydrogen) atoms. The average molecular weight is 345 g/mol. The molecule has 1 aliphatic carbocycles. The van der Waals surface area contributed by atoms with Crippen LogP contribution in [0, 0.1) is 0 Å². The van der Waals surface area contributed by atoms with Crippen LogP contribution < -0.4 is 5.32 Å². The van der Waals surface area contributed by atoms with E-state index in [0.29, 0.717) is 19.4 Å². The molecule has 0 unspecified atom stereocenters. The molecule has 134 valence electrons. The van der Waals surface area contributed by atoms with Gasteiger partial charge in [0.25, 0.3) is 11.8 Å². The molecule has 0 radical (unpaired) electrons. The van der Waals surface area contributed by atoms with Crippen LogP contribution >= 0.6 is 0 Å². The number of piperidine rings is 1. The lowest BCUT2D eigenvalue weighted by atomic mass is 9.93. The fourth-order valence-corrected chi connectivity index (χ4v) is 4.29. The zero-order valence-corrected chi connectivity index (χ0v) is 14.1. The third-order valence-electron chi connectivity index (χ3n) is 5.60. The largest absolute Gasteiger partial charge is 0.459 e. The highest BCUT2D eigenvalue weighted by Crippen LogP contribution is 2.32. The van der Waals surface area contributed by atoms with Crippen LogP contribution in [0.15, 0.2) is 22.8 Å². The number of carbonyl (C=O) groups is 3. The molecule has 2 saturated heterocycles. The fraction of sp³-hybridized carbons (Fsp3) is 0.611. The number of nitrogens with zero attached hydrogens (tertiary/aromatic N) is 2. The van der Waals surface area contributed by atoms with Gasteiger partial charge in [0.05, 0.1) is 6.26 Å². The van der Waals surface area contributed by atoms with Crippen LogP contribution in [-0.4, -0.2) is 52.3 Å². The van der Waals surface area contributed by atoms with E-state index >= 15 is 0 Å². The molecule has 1 aromatic heterocycles. The molecule has 7 nitrogen and oxygen atoms in total. The summed E-state index contributed by atoms with van der Waals surface area (Å²) < 4.78 is 5.11. The van der Waals surface area contributed by atoms with Gasteiger partial charge in [-0.05, 0) is 37.8 Å². The number of fused-ring (bicyclic) bond motifs is 1. The minimum atomic E-state index is -0.440. The Bertz CT molecular complexity index is 666. The van der Waals surface area contributed by atoms with Crippen molar-refractivity contribution in [2.75, 3.05) is 6.54 Å². The van der Waals surface area contributed by atoms with E-state index in [4.69, 9.17) is 4.42 Å². The molecule has 1 aromatic rings. The second kappa shape index (κ2) is 6.54. The molecular weight excluding hydrogens is 322 g/mol. The van der Waals surface area contributed by atoms with E-state index in [1.165, 1.54) is 17.6 Å². The lowest BCUT2D eigenvalue weighted by Crippen LogP contribution is -2.49. The zero-order chi connectivity index (χ0) is 17.4. The first kappa shape index (κ1) is 16.2. The highest BCUT2D eigenvalue weighted by atomic mass is 16.3. The maximum Gasteiger partial charge on any atom is 0.327 e. The van der Waals surface area contributed by atoms with E-state index in [0.717, 1.165) is 25.7 Å². The standard InChI is InChI=1S/C18H23N3O4/c22-16(15-7-4-10-25-15)19-12-8-9-20-14(11-12)17(23)21(18(20)24)13-5-2-1-3-6-13/h4,7,10,12-14H,1-3,5-6,8-9,11H2,(H,19,22)/t12-,14+/m1/s1. The zero-order valence-electron chi connectivity index (χ0n) is 14.1. The van der Waals surface area contributed by atoms with Crippen LogP contribution in [-0.2, 0) is 4.79 Å². The SMILES string of the molecule is O=C(N[C@@H]1CCN2C(=O)N(C3CCCCC3)C(=O)[C@@H]2C1)c1ccco1. The molecular formula is C18H23N3O4. The Balaban J connectivity index is 1.43. The first-order chi connectivity index (χ1) is 12.1. The van der Waals surface area contributed by atoms with Crippen LogP contribution in [0.1, 0.15) is 55.5 Å². The van der Waals surface area contributed by atoms with E-state index in [9.17, 15) is 14.4 Å². The summed E-state index contributed by atoms with van der Waals surface area (Å²) in [6, 6.07) is 2.62. The molecule has 3 aliphatic rings. The lowest BCUT2D eigenvalue weighted by Gasteiger charge is -2.32. The number of furan rings is 1. The third-order valence-corrected chi connectivity index (χ3v) is 5.60. The monoisotopic (exact) mass is 345 g/mol. The van der Waals surface area contributed by atoms with E-state index < -0.39 is 6.04 Å². The van der Waals surface area contributed by atoms with Crippen molar-refractivity contribution in [1.29, 1.82) is 0 Å². The molecule has 4 amide bonds. The van der Waals surface area contributed by atoms with Gasteiger partial charge in [-0.2, -0.15) is 0 Å². The molecule has 3 fully saturated rings. The molecule has 0 aromatic carbocycles. The summed E-state index contributed by atoms with van der Waals surface area (Å²) in [5, 5.41) is 2.92. The topological polar surface area (TPSA) is 82.9 Å². The maximum atomic E-state index is 12.8. The van der Waals surface area contributed by atoms with Gasteiger partial charge in [0, 0.05) is 18.6 Å². The Morgan fingerprint density at radius 1 is 1.16 bits per heavy atom. The Kier molecular flexibility index (Phi) is 4.23. The summed E-state index contributed by atoms with van der Waals surface area (Å²) >= 11 is 0. The number of nitrogens with one attached hydrogen (secondary N) is 1. The van der Waals surface area contributed by atoms with Crippen LogP contribution in [0.2, 0.25) is 0 Å². The Morgan fingerprint density at radius 2 is 1.96 bits per heavy atom. The van der Waals surface area contributed by atoms with Gasteiger partial charge < -0.3 is 14.6 Å². The number of hydrogen-bond donors (Lipinski definition) is 1. The summed E-state index contributed by atoms with van der Waals surface area (Å²) in [6.07, 6.45) is 7.75. The van der Waals surface area contributed by atoms with Crippen molar-refractivity contribution in [3.63, 3.8) is 0 Å². The molecule has 2 atom stereocenters. The van der Waals surface area contributed by atoms with E-state index in [1.54, 1.807) is 17.0 Å². The molecule has 0 bridgehead atoms. The van der Waals surface area contributed by atoms with Gasteiger partial charge in [0.15, 0.2) is 5.76 Å². The minimum Gasteiger partial charge on any atom is -0.459 e. The van der Waals surface area contributed by atoms with Gasteiger partial charge in [0.1, 0.15) is 6.04 Å². The Hall–Kier alpha value is -2.31. The average Bonchev–Trinajstić information content (AvgIpc) is 3.24. The molecule has 1 N–H and O–H groups in total. The van der Waals surface area contributed by atoms with Crippen molar-refractivity contribution in [1.82, 2.24) is 15.1 Å². The van der Waals surface area contributed by atoms with Crippen LogP contribution in [0.3, 0.4) is 0 Å². The fourth-order valence-electron chi connectivity index (χ4n) is 4.29. The second-order valence-corrected chi connectivity index (χ2v) is 7.16. The minimum absolute atomic E-state index is 0.0514. The highest BCUT2D eigenvalue weighted by molar-refractivity contribution is 6.04. The van der Waals surface area contributed by atoms with Crippen molar-refractivity contribution in [3.05, 3.63) is 24.2 Å². The number of amides is 4. The van der Waals surface area contributed by atoms with Crippen molar-refractivity contribution < 1.29 is 18.8 Å². The Labute approximate surface area is 146 Å². The summed E-state index contributed by atoms with van der Waals surface area (Å²) in [5.74, 6) is -0.0988. The molecule has 3 heterocycles. The Morgan fingerprint density at radius 3 is 2.68 bits per heavy atom.